The summed E-state index contributed by atoms with van der Waals surface area (Å²) in [5.41, 5.74) is 0.785. The lowest BCUT2D eigenvalue weighted by molar-refractivity contribution is -0.136. The molecule has 1 atom stereocenters. The fourth-order valence-electron chi connectivity index (χ4n) is 3.21. The number of ether oxygens (including phenoxy) is 1. The SMILES string of the molecule is O=C(COI)N1N=C(c2cc(F)ccc2F)SC12CCOc1ccccc12. The number of carbonyl (C=O) groups excluding carboxylic acids is 1. The summed E-state index contributed by atoms with van der Waals surface area (Å²) in [5, 5.41) is 5.93. The van der Waals surface area contributed by atoms with Crippen LogP contribution in [0.5, 0.6) is 5.75 Å². The number of carbonyl (C=O) groups is 1. The molecule has 5 nitrogen and oxygen atoms in total. The van der Waals surface area contributed by atoms with Gasteiger partial charge in [-0.25, -0.2) is 13.8 Å². The molecule has 2 heterocycles. The molecule has 1 unspecified atom stereocenters. The third-order valence-corrected chi connectivity index (χ3v) is 6.12. The first-order valence-electron chi connectivity index (χ1n) is 8.07. The van der Waals surface area contributed by atoms with Crippen LogP contribution in [0.3, 0.4) is 0 Å². The van der Waals surface area contributed by atoms with E-state index in [4.69, 9.17) is 7.80 Å². The molecular weight excluding hydrogens is 489 g/mol. The van der Waals surface area contributed by atoms with E-state index in [2.05, 4.69) is 5.10 Å². The van der Waals surface area contributed by atoms with Gasteiger partial charge in [-0.05, 0) is 24.3 Å². The summed E-state index contributed by atoms with van der Waals surface area (Å²) in [4.78, 5) is 11.8. The summed E-state index contributed by atoms with van der Waals surface area (Å²) in [5.74, 6) is -0.907. The number of para-hydroxylation sites is 1. The predicted molar refractivity (Wildman–Crippen MR) is 106 cm³/mol. The highest BCUT2D eigenvalue weighted by Gasteiger charge is 2.51. The van der Waals surface area contributed by atoms with Crippen LogP contribution in [0.1, 0.15) is 17.5 Å². The highest BCUT2D eigenvalue weighted by atomic mass is 127. The number of hydrazone groups is 1. The Morgan fingerprint density at radius 2 is 2.15 bits per heavy atom. The third kappa shape index (κ3) is 3.21. The van der Waals surface area contributed by atoms with E-state index in [1.807, 2.05) is 24.3 Å². The van der Waals surface area contributed by atoms with Crippen molar-refractivity contribution < 1.29 is 21.4 Å². The van der Waals surface area contributed by atoms with Crippen molar-refractivity contribution in [1.82, 2.24) is 5.01 Å². The van der Waals surface area contributed by atoms with Gasteiger partial charge in [-0.2, -0.15) is 5.10 Å². The second-order valence-corrected chi connectivity index (χ2v) is 7.86. The second kappa shape index (κ2) is 7.36. The summed E-state index contributed by atoms with van der Waals surface area (Å²) in [6, 6.07) is 10.5. The van der Waals surface area contributed by atoms with Gasteiger partial charge in [0.15, 0.2) is 0 Å². The normalized spacial score (nSPS) is 21.0. The van der Waals surface area contributed by atoms with Crippen LogP contribution < -0.4 is 4.74 Å². The van der Waals surface area contributed by atoms with Crippen molar-refractivity contribution in [2.75, 3.05) is 13.2 Å². The molecule has 2 aromatic rings. The summed E-state index contributed by atoms with van der Waals surface area (Å²) < 4.78 is 38.7. The van der Waals surface area contributed by atoms with Crippen molar-refractivity contribution in [3.63, 3.8) is 0 Å². The maximum Gasteiger partial charge on any atom is 0.271 e. The first-order valence-corrected chi connectivity index (χ1v) is 9.77. The summed E-state index contributed by atoms with van der Waals surface area (Å²) in [7, 11) is 0. The third-order valence-electron chi connectivity index (χ3n) is 4.38. The van der Waals surface area contributed by atoms with Gasteiger partial charge < -0.3 is 7.80 Å². The molecule has 0 aliphatic carbocycles. The van der Waals surface area contributed by atoms with Crippen molar-refractivity contribution in [2.45, 2.75) is 11.3 Å². The number of hydrogen-bond donors (Lipinski definition) is 0. The van der Waals surface area contributed by atoms with E-state index in [0.29, 0.717) is 18.8 Å². The second-order valence-electron chi connectivity index (χ2n) is 5.97. The molecule has 0 bridgehead atoms. The lowest BCUT2D eigenvalue weighted by Gasteiger charge is -2.39. The van der Waals surface area contributed by atoms with Crippen molar-refractivity contribution in [3.05, 3.63) is 65.2 Å². The molecule has 1 spiro atoms. The first-order chi connectivity index (χ1) is 13.0. The molecule has 0 radical (unpaired) electrons. The van der Waals surface area contributed by atoms with Crippen LogP contribution in [0.25, 0.3) is 0 Å². The Labute approximate surface area is 172 Å². The zero-order chi connectivity index (χ0) is 19.0. The highest BCUT2D eigenvalue weighted by molar-refractivity contribution is 14.1. The Hall–Kier alpha value is -1.72. The van der Waals surface area contributed by atoms with Crippen LogP contribution in [-0.2, 0) is 12.7 Å². The zero-order valence-electron chi connectivity index (χ0n) is 13.8. The molecule has 140 valence electrons. The van der Waals surface area contributed by atoms with Gasteiger partial charge in [-0.15, -0.1) is 0 Å². The first kappa shape index (κ1) is 18.6. The van der Waals surface area contributed by atoms with Crippen LogP contribution in [0.4, 0.5) is 8.78 Å². The highest BCUT2D eigenvalue weighted by Crippen LogP contribution is 2.54. The quantitative estimate of drug-likeness (QED) is 0.591. The molecule has 9 heteroatoms. The topological polar surface area (TPSA) is 51.1 Å². The van der Waals surface area contributed by atoms with Crippen LogP contribution in [0.2, 0.25) is 0 Å². The van der Waals surface area contributed by atoms with E-state index < -0.39 is 16.5 Å². The molecule has 1 amide bonds. The number of hydrogen-bond acceptors (Lipinski definition) is 5. The monoisotopic (exact) mass is 502 g/mol. The van der Waals surface area contributed by atoms with Gasteiger partial charge >= 0.3 is 0 Å². The Morgan fingerprint density at radius 1 is 1.33 bits per heavy atom. The molecule has 4 rings (SSSR count). The lowest BCUT2D eigenvalue weighted by atomic mass is 9.99. The predicted octanol–water partition coefficient (Wildman–Crippen LogP) is 4.20. The van der Waals surface area contributed by atoms with Gasteiger partial charge in [-0.1, -0.05) is 30.0 Å². The molecule has 27 heavy (non-hydrogen) atoms. The molecular formula is C18H13F2IN2O3S. The van der Waals surface area contributed by atoms with Gasteiger partial charge in [0, 0.05) is 17.5 Å². The van der Waals surface area contributed by atoms with Gasteiger partial charge in [0.1, 0.15) is 56.9 Å². The van der Waals surface area contributed by atoms with E-state index in [1.165, 1.54) is 16.8 Å². The molecule has 0 fully saturated rings. The molecule has 2 aliphatic rings. The fraction of sp³-hybridized carbons (Fsp3) is 0.222. The van der Waals surface area contributed by atoms with Crippen molar-refractivity contribution in [2.24, 2.45) is 5.10 Å². The fourth-order valence-corrected chi connectivity index (χ4v) is 4.87. The van der Waals surface area contributed by atoms with E-state index in [1.54, 1.807) is 23.0 Å². The molecule has 2 aliphatic heterocycles. The average molecular weight is 502 g/mol. The Morgan fingerprint density at radius 3 is 2.96 bits per heavy atom. The average Bonchev–Trinajstić information content (AvgIpc) is 3.04. The minimum atomic E-state index is -0.894. The van der Waals surface area contributed by atoms with Gasteiger partial charge in [0.05, 0.1) is 6.61 Å². The van der Waals surface area contributed by atoms with Crippen LogP contribution >= 0.6 is 34.8 Å². The number of thioether (sulfide) groups is 1. The molecule has 0 saturated heterocycles. The molecule has 2 aromatic carbocycles. The molecule has 0 N–H and O–H groups in total. The van der Waals surface area contributed by atoms with E-state index in [9.17, 15) is 13.6 Å². The summed E-state index contributed by atoms with van der Waals surface area (Å²) in [6.07, 6.45) is 0.450. The molecule has 0 aromatic heterocycles. The maximum atomic E-state index is 14.3. The van der Waals surface area contributed by atoms with Gasteiger partial charge in [0.2, 0.25) is 0 Å². The van der Waals surface area contributed by atoms with E-state index in [-0.39, 0.29) is 23.1 Å². The number of halogens is 3. The van der Waals surface area contributed by atoms with Gasteiger partial charge in [0.25, 0.3) is 5.91 Å². The van der Waals surface area contributed by atoms with Crippen molar-refractivity contribution in [3.8, 4) is 5.75 Å². The standard InChI is InChI=1S/C18H13F2IN2O3S/c19-11-5-6-14(20)12(9-11)17-22-23(16(24)10-26-21)18(27-17)7-8-25-15-4-2-1-3-13(15)18/h1-6,9H,7-8,10H2. The number of amides is 1. The van der Waals surface area contributed by atoms with E-state index >= 15 is 0 Å². The van der Waals surface area contributed by atoms with Gasteiger partial charge in [-0.3, -0.25) is 4.79 Å². The Balaban J connectivity index is 1.84. The Bertz CT molecular complexity index is 943. The number of fused-ring (bicyclic) bond motifs is 2. The summed E-state index contributed by atoms with van der Waals surface area (Å²) >= 11 is 2.86. The van der Waals surface area contributed by atoms with Crippen LogP contribution in [0, 0.1) is 11.6 Å². The van der Waals surface area contributed by atoms with Crippen LogP contribution in [0.15, 0.2) is 47.6 Å². The summed E-state index contributed by atoms with van der Waals surface area (Å²) in [6.45, 7) is 0.182. The minimum absolute atomic E-state index is 0.0223. The number of rotatable bonds is 3. The zero-order valence-corrected chi connectivity index (χ0v) is 16.8. The van der Waals surface area contributed by atoms with Crippen LogP contribution in [-0.4, -0.2) is 29.2 Å². The smallest absolute Gasteiger partial charge is 0.271 e. The minimum Gasteiger partial charge on any atom is -0.493 e. The van der Waals surface area contributed by atoms with E-state index in [0.717, 1.165) is 23.8 Å². The lowest BCUT2D eigenvalue weighted by Crippen LogP contribution is -2.45. The van der Waals surface area contributed by atoms with Crippen molar-refractivity contribution >= 4 is 45.7 Å². The maximum absolute atomic E-state index is 14.3. The Kier molecular flexibility index (Phi) is 5.08. The number of benzene rings is 2. The van der Waals surface area contributed by atoms with Crippen molar-refractivity contribution in [1.29, 1.82) is 0 Å². The number of nitrogens with zero attached hydrogens (tertiary/aromatic N) is 2. The molecule has 0 saturated carbocycles. The largest absolute Gasteiger partial charge is 0.493 e.